The van der Waals surface area contributed by atoms with Gasteiger partial charge < -0.3 is 5.32 Å². The zero-order chi connectivity index (χ0) is 16.9. The highest BCUT2D eigenvalue weighted by molar-refractivity contribution is 5.72. The van der Waals surface area contributed by atoms with E-state index >= 15 is 0 Å². The van der Waals surface area contributed by atoms with Crippen molar-refractivity contribution in [2.24, 2.45) is 0 Å². The number of pyridine rings is 1. The molecule has 1 unspecified atom stereocenters. The van der Waals surface area contributed by atoms with Gasteiger partial charge in [0.15, 0.2) is 0 Å². The molecule has 1 fully saturated rings. The lowest BCUT2D eigenvalue weighted by Crippen LogP contribution is -2.24. The number of nitrogens with one attached hydrogen (secondary N) is 1. The quantitative estimate of drug-likeness (QED) is 0.917. The molecule has 126 valence electrons. The summed E-state index contributed by atoms with van der Waals surface area (Å²) in [4.78, 5) is 18.2. The summed E-state index contributed by atoms with van der Waals surface area (Å²) in [6.45, 7) is 3.77. The van der Waals surface area contributed by atoms with E-state index in [1.807, 2.05) is 30.3 Å². The molecule has 1 amide bonds. The SMILES string of the molecule is CC(=O)NCc1cccc(C2CCCN2Cc2ccc(F)cc2)n1. The minimum atomic E-state index is -0.205. The Labute approximate surface area is 141 Å². The maximum absolute atomic E-state index is 13.1. The second kappa shape index (κ2) is 7.53. The summed E-state index contributed by atoms with van der Waals surface area (Å²) in [6.07, 6.45) is 2.20. The third kappa shape index (κ3) is 4.17. The van der Waals surface area contributed by atoms with Gasteiger partial charge in [0.2, 0.25) is 5.91 Å². The van der Waals surface area contributed by atoms with Crippen molar-refractivity contribution in [1.29, 1.82) is 0 Å². The summed E-state index contributed by atoms with van der Waals surface area (Å²) >= 11 is 0. The molecule has 2 aromatic rings. The molecule has 1 aromatic heterocycles. The molecule has 1 aliphatic heterocycles. The number of halogens is 1. The van der Waals surface area contributed by atoms with E-state index in [1.165, 1.54) is 19.1 Å². The van der Waals surface area contributed by atoms with Crippen LogP contribution in [0.15, 0.2) is 42.5 Å². The van der Waals surface area contributed by atoms with Crippen LogP contribution in [-0.2, 0) is 17.9 Å². The van der Waals surface area contributed by atoms with Gasteiger partial charge in [0, 0.05) is 13.5 Å². The maximum atomic E-state index is 13.1. The molecule has 5 heteroatoms. The summed E-state index contributed by atoms with van der Waals surface area (Å²) in [7, 11) is 0. The van der Waals surface area contributed by atoms with Crippen molar-refractivity contribution in [3.05, 3.63) is 65.2 Å². The van der Waals surface area contributed by atoms with Crippen molar-refractivity contribution in [3.8, 4) is 0 Å². The molecule has 0 aliphatic carbocycles. The Bertz CT molecular complexity index is 702. The number of benzene rings is 1. The van der Waals surface area contributed by atoms with Gasteiger partial charge in [-0.3, -0.25) is 14.7 Å². The average molecular weight is 327 g/mol. The molecule has 2 heterocycles. The molecule has 0 bridgehead atoms. The number of carbonyl (C=O) groups is 1. The van der Waals surface area contributed by atoms with Gasteiger partial charge in [0.05, 0.1) is 24.0 Å². The van der Waals surface area contributed by atoms with Gasteiger partial charge >= 0.3 is 0 Å². The third-order valence-electron chi connectivity index (χ3n) is 4.35. The lowest BCUT2D eigenvalue weighted by Gasteiger charge is -2.24. The van der Waals surface area contributed by atoms with Gasteiger partial charge in [-0.1, -0.05) is 18.2 Å². The predicted molar refractivity (Wildman–Crippen MR) is 90.5 cm³/mol. The lowest BCUT2D eigenvalue weighted by atomic mass is 10.1. The molecule has 24 heavy (non-hydrogen) atoms. The zero-order valence-corrected chi connectivity index (χ0v) is 13.8. The van der Waals surface area contributed by atoms with E-state index in [0.717, 1.165) is 42.9 Å². The highest BCUT2D eigenvalue weighted by Gasteiger charge is 2.27. The van der Waals surface area contributed by atoms with E-state index in [4.69, 9.17) is 4.98 Å². The van der Waals surface area contributed by atoms with Crippen molar-refractivity contribution in [3.63, 3.8) is 0 Å². The minimum Gasteiger partial charge on any atom is -0.351 e. The Morgan fingerprint density at radius 3 is 2.83 bits per heavy atom. The van der Waals surface area contributed by atoms with Crippen molar-refractivity contribution < 1.29 is 9.18 Å². The van der Waals surface area contributed by atoms with Gasteiger partial charge in [-0.25, -0.2) is 4.39 Å². The molecule has 3 rings (SSSR count). The molecule has 1 aromatic carbocycles. The molecule has 0 spiro atoms. The van der Waals surface area contributed by atoms with Gasteiger partial charge in [0.25, 0.3) is 0 Å². The van der Waals surface area contributed by atoms with E-state index in [2.05, 4.69) is 10.2 Å². The molecular weight excluding hydrogens is 305 g/mol. The molecule has 0 radical (unpaired) electrons. The van der Waals surface area contributed by atoms with Crippen LogP contribution in [0.25, 0.3) is 0 Å². The smallest absolute Gasteiger partial charge is 0.217 e. The van der Waals surface area contributed by atoms with Crippen LogP contribution < -0.4 is 5.32 Å². The second-order valence-corrected chi connectivity index (χ2v) is 6.22. The van der Waals surface area contributed by atoms with Crippen LogP contribution in [-0.4, -0.2) is 22.3 Å². The van der Waals surface area contributed by atoms with Crippen LogP contribution >= 0.6 is 0 Å². The number of hydrogen-bond donors (Lipinski definition) is 1. The highest BCUT2D eigenvalue weighted by atomic mass is 19.1. The van der Waals surface area contributed by atoms with E-state index < -0.39 is 0 Å². The summed E-state index contributed by atoms with van der Waals surface area (Å²) in [5.41, 5.74) is 3.02. The summed E-state index contributed by atoms with van der Waals surface area (Å²) < 4.78 is 13.1. The monoisotopic (exact) mass is 327 g/mol. The zero-order valence-electron chi connectivity index (χ0n) is 13.8. The Kier molecular flexibility index (Phi) is 5.20. The van der Waals surface area contributed by atoms with Crippen LogP contribution in [0.5, 0.6) is 0 Å². The van der Waals surface area contributed by atoms with Crippen LogP contribution in [0.2, 0.25) is 0 Å². The van der Waals surface area contributed by atoms with Gasteiger partial charge in [-0.15, -0.1) is 0 Å². The van der Waals surface area contributed by atoms with Crippen molar-refractivity contribution in [2.75, 3.05) is 6.54 Å². The van der Waals surface area contributed by atoms with Crippen LogP contribution in [0.1, 0.15) is 42.8 Å². The molecule has 1 N–H and O–H groups in total. The first-order valence-electron chi connectivity index (χ1n) is 8.30. The largest absolute Gasteiger partial charge is 0.351 e. The number of amides is 1. The Hall–Kier alpha value is -2.27. The fraction of sp³-hybridized carbons (Fsp3) is 0.368. The molecule has 4 nitrogen and oxygen atoms in total. The van der Waals surface area contributed by atoms with Gasteiger partial charge in [0.1, 0.15) is 5.82 Å². The van der Waals surface area contributed by atoms with Crippen LogP contribution in [0.4, 0.5) is 4.39 Å². The highest BCUT2D eigenvalue weighted by Crippen LogP contribution is 2.32. The summed E-state index contributed by atoms with van der Waals surface area (Å²) in [5, 5.41) is 2.79. The second-order valence-electron chi connectivity index (χ2n) is 6.22. The molecule has 1 saturated heterocycles. The first-order valence-corrected chi connectivity index (χ1v) is 8.30. The van der Waals surface area contributed by atoms with Crippen molar-refractivity contribution in [1.82, 2.24) is 15.2 Å². The Morgan fingerprint density at radius 2 is 2.08 bits per heavy atom. The number of rotatable bonds is 5. The normalized spacial score (nSPS) is 17.8. The molecule has 0 saturated carbocycles. The maximum Gasteiger partial charge on any atom is 0.217 e. The Morgan fingerprint density at radius 1 is 1.29 bits per heavy atom. The number of nitrogens with zero attached hydrogens (tertiary/aromatic N) is 2. The minimum absolute atomic E-state index is 0.0546. The molecule has 1 atom stereocenters. The first kappa shape index (κ1) is 16.6. The van der Waals surface area contributed by atoms with E-state index in [0.29, 0.717) is 6.54 Å². The fourth-order valence-corrected chi connectivity index (χ4v) is 3.17. The number of hydrogen-bond acceptors (Lipinski definition) is 3. The lowest BCUT2D eigenvalue weighted by molar-refractivity contribution is -0.119. The van der Waals surface area contributed by atoms with E-state index in [-0.39, 0.29) is 17.8 Å². The predicted octanol–water partition coefficient (Wildman–Crippen LogP) is 3.19. The van der Waals surface area contributed by atoms with Crippen LogP contribution in [0, 0.1) is 5.82 Å². The fourth-order valence-electron chi connectivity index (χ4n) is 3.17. The third-order valence-corrected chi connectivity index (χ3v) is 4.35. The van der Waals surface area contributed by atoms with Gasteiger partial charge in [-0.05, 0) is 49.2 Å². The molecular formula is C19H22FN3O. The number of aromatic nitrogens is 1. The average Bonchev–Trinajstić information content (AvgIpc) is 3.03. The first-order chi connectivity index (χ1) is 11.6. The van der Waals surface area contributed by atoms with Gasteiger partial charge in [-0.2, -0.15) is 0 Å². The molecule has 1 aliphatic rings. The number of likely N-dealkylation sites (tertiary alicyclic amines) is 1. The van der Waals surface area contributed by atoms with E-state index in [1.54, 1.807) is 0 Å². The summed E-state index contributed by atoms with van der Waals surface area (Å²) in [6, 6.07) is 12.9. The summed E-state index contributed by atoms with van der Waals surface area (Å²) in [5.74, 6) is -0.259. The van der Waals surface area contributed by atoms with Crippen LogP contribution in [0.3, 0.4) is 0 Å². The van der Waals surface area contributed by atoms with Crippen molar-refractivity contribution >= 4 is 5.91 Å². The Balaban J connectivity index is 1.71. The number of carbonyl (C=O) groups excluding carboxylic acids is 1. The standard InChI is InChI=1S/C19H22FN3O/c1-14(24)21-12-17-4-2-5-18(22-17)19-6-3-11-23(19)13-15-7-9-16(20)10-8-15/h2,4-5,7-10,19H,3,6,11-13H2,1H3,(H,21,24). The van der Waals surface area contributed by atoms with Crippen molar-refractivity contribution in [2.45, 2.75) is 38.9 Å². The topological polar surface area (TPSA) is 45.2 Å². The van der Waals surface area contributed by atoms with E-state index in [9.17, 15) is 9.18 Å².